The van der Waals surface area contributed by atoms with Gasteiger partial charge in [0.05, 0.1) is 31.4 Å². The first-order valence-electron chi connectivity index (χ1n) is 11.1. The van der Waals surface area contributed by atoms with Gasteiger partial charge >= 0.3 is 5.97 Å². The number of rotatable bonds is 4. The monoisotopic (exact) mass is 445 g/mol. The molecular formula is C26H27N3O4. The van der Waals surface area contributed by atoms with Crippen molar-refractivity contribution in [2.45, 2.75) is 6.54 Å². The van der Waals surface area contributed by atoms with Crippen LogP contribution in [0.2, 0.25) is 0 Å². The molecule has 4 aromatic rings. The first-order valence-corrected chi connectivity index (χ1v) is 11.1. The second-order valence-electron chi connectivity index (χ2n) is 8.53. The lowest BCUT2D eigenvalue weighted by Gasteiger charge is -2.26. The number of hydrogen-bond donors (Lipinski definition) is 0. The molecule has 1 fully saturated rings. The Balaban J connectivity index is 1.59. The molecule has 3 heterocycles. The molecular weight excluding hydrogens is 418 g/mol. The number of esters is 1. The SMILES string of the molecule is COC(=O)c1ccc2c(c1)c1cc(-c3ccc(CN4CCOCC4)cc3)c(=O)n(C)c1n2C. The van der Waals surface area contributed by atoms with E-state index in [9.17, 15) is 9.59 Å². The highest BCUT2D eigenvalue weighted by Crippen LogP contribution is 2.31. The number of aromatic nitrogens is 2. The van der Waals surface area contributed by atoms with E-state index in [1.54, 1.807) is 17.7 Å². The number of fused-ring (bicyclic) bond motifs is 3. The molecule has 0 N–H and O–H groups in total. The van der Waals surface area contributed by atoms with E-state index < -0.39 is 0 Å². The van der Waals surface area contributed by atoms with Crippen LogP contribution in [-0.4, -0.2) is 53.4 Å². The van der Waals surface area contributed by atoms with Gasteiger partial charge < -0.3 is 14.0 Å². The Labute approximate surface area is 191 Å². The summed E-state index contributed by atoms with van der Waals surface area (Å²) in [5.74, 6) is -0.380. The molecule has 0 radical (unpaired) electrons. The molecule has 0 saturated carbocycles. The highest BCUT2D eigenvalue weighted by Gasteiger charge is 2.18. The number of carbonyl (C=O) groups excluding carboxylic acids is 1. The van der Waals surface area contributed by atoms with E-state index >= 15 is 0 Å². The summed E-state index contributed by atoms with van der Waals surface area (Å²) < 4.78 is 14.0. The van der Waals surface area contributed by atoms with Crippen molar-refractivity contribution >= 4 is 27.9 Å². The minimum atomic E-state index is -0.380. The molecule has 7 nitrogen and oxygen atoms in total. The van der Waals surface area contributed by atoms with E-state index in [4.69, 9.17) is 9.47 Å². The molecule has 0 amide bonds. The Morgan fingerprint density at radius 3 is 2.39 bits per heavy atom. The fraction of sp³-hybridized carbons (Fsp3) is 0.308. The zero-order chi connectivity index (χ0) is 23.1. The van der Waals surface area contributed by atoms with Gasteiger partial charge in [-0.15, -0.1) is 0 Å². The molecule has 1 aliphatic heterocycles. The molecule has 33 heavy (non-hydrogen) atoms. The van der Waals surface area contributed by atoms with Crippen LogP contribution in [0.5, 0.6) is 0 Å². The Morgan fingerprint density at radius 1 is 0.970 bits per heavy atom. The van der Waals surface area contributed by atoms with Crippen LogP contribution in [0.15, 0.2) is 53.3 Å². The molecule has 1 aliphatic rings. The van der Waals surface area contributed by atoms with Crippen molar-refractivity contribution in [3.8, 4) is 11.1 Å². The number of aryl methyl sites for hydroxylation is 2. The zero-order valence-corrected chi connectivity index (χ0v) is 19.1. The standard InChI is InChI=1S/C26H27N3O4/c1-27-23-9-8-19(26(31)32-3)14-21(23)22-15-20(25(30)28(2)24(22)27)18-6-4-17(5-7-18)16-29-10-12-33-13-11-29/h4-9,14-15H,10-13,16H2,1-3H3. The Bertz CT molecular complexity index is 1410. The number of ether oxygens (including phenoxy) is 2. The maximum atomic E-state index is 13.3. The van der Waals surface area contributed by atoms with Crippen LogP contribution in [0.3, 0.4) is 0 Å². The minimum absolute atomic E-state index is 0.0532. The third-order valence-electron chi connectivity index (χ3n) is 6.54. The second kappa shape index (κ2) is 8.50. The summed E-state index contributed by atoms with van der Waals surface area (Å²) in [5, 5.41) is 1.84. The summed E-state index contributed by atoms with van der Waals surface area (Å²) in [6.45, 7) is 4.30. The van der Waals surface area contributed by atoms with Crippen molar-refractivity contribution in [3.05, 3.63) is 70.0 Å². The summed E-state index contributed by atoms with van der Waals surface area (Å²) in [4.78, 5) is 27.8. The van der Waals surface area contributed by atoms with E-state index in [2.05, 4.69) is 17.0 Å². The van der Waals surface area contributed by atoms with E-state index in [-0.39, 0.29) is 11.5 Å². The number of carbonyl (C=O) groups is 1. The molecule has 2 aromatic carbocycles. The van der Waals surface area contributed by atoms with Gasteiger partial charge in [0.1, 0.15) is 5.65 Å². The lowest BCUT2D eigenvalue weighted by Crippen LogP contribution is -2.35. The van der Waals surface area contributed by atoms with Crippen molar-refractivity contribution in [2.75, 3.05) is 33.4 Å². The molecule has 0 bridgehead atoms. The summed E-state index contributed by atoms with van der Waals surface area (Å²) in [5.41, 5.74) is 4.92. The predicted octanol–water partition coefficient (Wildman–Crippen LogP) is 3.32. The fourth-order valence-electron chi connectivity index (χ4n) is 4.75. The Morgan fingerprint density at radius 2 is 1.70 bits per heavy atom. The molecule has 170 valence electrons. The summed E-state index contributed by atoms with van der Waals surface area (Å²) in [6, 6.07) is 15.6. The average molecular weight is 446 g/mol. The van der Waals surface area contributed by atoms with Crippen LogP contribution < -0.4 is 5.56 Å². The van der Waals surface area contributed by atoms with Gasteiger partial charge in [-0.2, -0.15) is 0 Å². The predicted molar refractivity (Wildman–Crippen MR) is 129 cm³/mol. The van der Waals surface area contributed by atoms with Crippen molar-refractivity contribution < 1.29 is 14.3 Å². The average Bonchev–Trinajstić information content (AvgIpc) is 3.13. The number of morpholine rings is 1. The van der Waals surface area contributed by atoms with Gasteiger partial charge in [0, 0.05) is 50.1 Å². The Hall–Kier alpha value is -3.42. The second-order valence-corrected chi connectivity index (χ2v) is 8.53. The quantitative estimate of drug-likeness (QED) is 0.451. The topological polar surface area (TPSA) is 65.7 Å². The van der Waals surface area contributed by atoms with Gasteiger partial charge in [0.2, 0.25) is 0 Å². The number of benzene rings is 2. The molecule has 0 spiro atoms. The van der Waals surface area contributed by atoms with Crippen molar-refractivity contribution in [1.82, 2.24) is 14.0 Å². The first-order chi connectivity index (χ1) is 16.0. The summed E-state index contributed by atoms with van der Waals surface area (Å²) >= 11 is 0. The number of nitrogens with zero attached hydrogens (tertiary/aromatic N) is 3. The van der Waals surface area contributed by atoms with Crippen molar-refractivity contribution in [1.29, 1.82) is 0 Å². The normalized spacial score (nSPS) is 14.8. The van der Waals surface area contributed by atoms with E-state index in [1.807, 2.05) is 41.9 Å². The third-order valence-corrected chi connectivity index (χ3v) is 6.54. The lowest BCUT2D eigenvalue weighted by atomic mass is 10.0. The van der Waals surface area contributed by atoms with Crippen LogP contribution in [0.25, 0.3) is 33.1 Å². The third kappa shape index (κ3) is 3.73. The van der Waals surface area contributed by atoms with E-state index in [0.717, 1.165) is 60.3 Å². The van der Waals surface area contributed by atoms with E-state index in [1.165, 1.54) is 12.7 Å². The molecule has 5 rings (SSSR count). The van der Waals surface area contributed by atoms with E-state index in [0.29, 0.717) is 11.1 Å². The van der Waals surface area contributed by atoms with Crippen LogP contribution in [-0.2, 0) is 30.1 Å². The maximum absolute atomic E-state index is 13.3. The van der Waals surface area contributed by atoms with Gasteiger partial charge in [-0.25, -0.2) is 4.79 Å². The number of pyridine rings is 1. The Kier molecular flexibility index (Phi) is 5.52. The van der Waals surface area contributed by atoms with Gasteiger partial charge in [-0.3, -0.25) is 14.3 Å². The van der Waals surface area contributed by atoms with Gasteiger partial charge in [-0.05, 0) is 35.4 Å². The zero-order valence-electron chi connectivity index (χ0n) is 19.1. The van der Waals surface area contributed by atoms with Crippen LogP contribution in [0, 0.1) is 0 Å². The molecule has 0 atom stereocenters. The van der Waals surface area contributed by atoms with Crippen LogP contribution >= 0.6 is 0 Å². The fourth-order valence-corrected chi connectivity index (χ4v) is 4.75. The largest absolute Gasteiger partial charge is 0.465 e. The highest BCUT2D eigenvalue weighted by atomic mass is 16.5. The smallest absolute Gasteiger partial charge is 0.337 e. The van der Waals surface area contributed by atoms with Crippen LogP contribution in [0.1, 0.15) is 15.9 Å². The van der Waals surface area contributed by atoms with Gasteiger partial charge in [-0.1, -0.05) is 24.3 Å². The summed E-state index contributed by atoms with van der Waals surface area (Å²) in [6.07, 6.45) is 0. The van der Waals surface area contributed by atoms with Gasteiger partial charge in [0.15, 0.2) is 0 Å². The number of methoxy groups -OCH3 is 1. The summed E-state index contributed by atoms with van der Waals surface area (Å²) in [7, 11) is 5.10. The maximum Gasteiger partial charge on any atom is 0.337 e. The van der Waals surface area contributed by atoms with Crippen LogP contribution in [0.4, 0.5) is 0 Å². The molecule has 1 saturated heterocycles. The van der Waals surface area contributed by atoms with Crippen molar-refractivity contribution in [3.63, 3.8) is 0 Å². The molecule has 0 aliphatic carbocycles. The minimum Gasteiger partial charge on any atom is -0.465 e. The lowest BCUT2D eigenvalue weighted by molar-refractivity contribution is 0.0342. The molecule has 7 heteroatoms. The first kappa shape index (κ1) is 21.4. The highest BCUT2D eigenvalue weighted by molar-refractivity contribution is 6.10. The van der Waals surface area contributed by atoms with Crippen molar-refractivity contribution in [2.24, 2.45) is 14.1 Å². The number of hydrogen-bond acceptors (Lipinski definition) is 5. The van der Waals surface area contributed by atoms with Gasteiger partial charge in [0.25, 0.3) is 5.56 Å². The molecule has 0 unspecified atom stereocenters. The molecule has 2 aromatic heterocycles.